The molecule has 0 bridgehead atoms. The number of nitrogen functional groups attached to an aromatic ring is 1. The summed E-state index contributed by atoms with van der Waals surface area (Å²) in [5, 5.41) is 11.9. The Morgan fingerprint density at radius 1 is 1.32 bits per heavy atom. The van der Waals surface area contributed by atoms with Crippen LogP contribution in [-0.4, -0.2) is 28.2 Å². The molecule has 0 unspecified atom stereocenters. The average molecular weight is 276 g/mol. The van der Waals surface area contributed by atoms with Crippen molar-refractivity contribution in [3.8, 4) is 0 Å². The topological polar surface area (TPSA) is 84.1 Å². The first kappa shape index (κ1) is 13.6. The Morgan fingerprint density at radius 2 is 2.05 bits per heavy atom. The largest absolute Gasteiger partial charge is 0.395 e. The second-order valence-corrected chi connectivity index (χ2v) is 5.12. The highest BCUT2D eigenvalue weighted by molar-refractivity contribution is 7.99. The fourth-order valence-corrected chi connectivity index (χ4v) is 2.34. The van der Waals surface area contributed by atoms with Crippen LogP contribution in [0.5, 0.6) is 0 Å². The Labute approximate surface area is 116 Å². The highest BCUT2D eigenvalue weighted by atomic mass is 32.2. The quantitative estimate of drug-likeness (QED) is 0.774. The fourth-order valence-electron chi connectivity index (χ4n) is 1.49. The molecule has 0 saturated carbocycles. The van der Waals surface area contributed by atoms with Crippen LogP contribution in [0.2, 0.25) is 0 Å². The number of hydrogen-bond donors (Lipinski definition) is 3. The number of anilines is 2. The summed E-state index contributed by atoms with van der Waals surface area (Å²) < 4.78 is 0. The van der Waals surface area contributed by atoms with Crippen molar-refractivity contribution in [2.75, 3.05) is 24.2 Å². The number of aliphatic hydroxyl groups excluding tert-OH is 1. The Balaban J connectivity index is 2.20. The maximum atomic E-state index is 8.86. The van der Waals surface area contributed by atoms with Crippen molar-refractivity contribution in [3.05, 3.63) is 36.0 Å². The first-order valence-corrected chi connectivity index (χ1v) is 6.72. The number of benzene rings is 1. The summed E-state index contributed by atoms with van der Waals surface area (Å²) in [6, 6.07) is 8.21. The average Bonchev–Trinajstić information content (AvgIpc) is 2.41. The van der Waals surface area contributed by atoms with E-state index in [9.17, 15) is 0 Å². The molecule has 0 radical (unpaired) electrons. The van der Waals surface area contributed by atoms with Gasteiger partial charge in [0, 0.05) is 17.6 Å². The van der Waals surface area contributed by atoms with E-state index in [-0.39, 0.29) is 12.6 Å². The molecule has 1 heterocycles. The summed E-state index contributed by atoms with van der Waals surface area (Å²) in [5.41, 5.74) is 6.80. The number of aryl methyl sites for hydroxylation is 1. The van der Waals surface area contributed by atoms with Crippen LogP contribution in [0.1, 0.15) is 5.56 Å². The lowest BCUT2D eigenvalue weighted by atomic mass is 10.2. The predicted octanol–water partition coefficient (Wildman–Crippen LogP) is 1.92. The summed E-state index contributed by atoms with van der Waals surface area (Å²) in [7, 11) is 0. The molecule has 5 nitrogen and oxygen atoms in total. The zero-order valence-electron chi connectivity index (χ0n) is 10.6. The van der Waals surface area contributed by atoms with Gasteiger partial charge < -0.3 is 16.2 Å². The van der Waals surface area contributed by atoms with Gasteiger partial charge in [0.1, 0.15) is 5.82 Å². The molecule has 0 fully saturated rings. The molecule has 1 aromatic heterocycles. The van der Waals surface area contributed by atoms with Gasteiger partial charge in [-0.3, -0.25) is 0 Å². The van der Waals surface area contributed by atoms with E-state index in [1.165, 1.54) is 5.56 Å². The van der Waals surface area contributed by atoms with Crippen molar-refractivity contribution < 1.29 is 5.11 Å². The van der Waals surface area contributed by atoms with Crippen molar-refractivity contribution in [2.45, 2.75) is 16.7 Å². The molecule has 4 N–H and O–H groups in total. The molecule has 0 aliphatic carbocycles. The van der Waals surface area contributed by atoms with E-state index < -0.39 is 0 Å². The number of nitrogens with one attached hydrogen (secondary N) is 1. The van der Waals surface area contributed by atoms with Gasteiger partial charge in [-0.1, -0.05) is 29.5 Å². The van der Waals surface area contributed by atoms with Crippen molar-refractivity contribution in [3.63, 3.8) is 0 Å². The van der Waals surface area contributed by atoms with Crippen molar-refractivity contribution in [1.82, 2.24) is 9.97 Å². The smallest absolute Gasteiger partial charge is 0.221 e. The minimum absolute atomic E-state index is 0.0402. The van der Waals surface area contributed by atoms with Gasteiger partial charge in [-0.2, -0.15) is 4.98 Å². The third-order valence-corrected chi connectivity index (χ3v) is 3.45. The van der Waals surface area contributed by atoms with Crippen LogP contribution in [0.25, 0.3) is 0 Å². The van der Waals surface area contributed by atoms with Crippen molar-refractivity contribution >= 4 is 23.5 Å². The molecule has 2 aromatic rings. The highest BCUT2D eigenvalue weighted by Crippen LogP contribution is 2.32. The third kappa shape index (κ3) is 3.84. The second kappa shape index (κ2) is 6.40. The molecule has 2 rings (SSSR count). The minimum atomic E-state index is 0.0402. The number of aliphatic hydroxyl groups is 1. The van der Waals surface area contributed by atoms with Gasteiger partial charge in [-0.15, -0.1) is 0 Å². The molecule has 19 heavy (non-hydrogen) atoms. The molecule has 0 aliphatic heterocycles. The van der Waals surface area contributed by atoms with Gasteiger partial charge >= 0.3 is 0 Å². The van der Waals surface area contributed by atoms with E-state index >= 15 is 0 Å². The summed E-state index contributed by atoms with van der Waals surface area (Å²) in [5.74, 6) is 0.862. The molecule has 100 valence electrons. The van der Waals surface area contributed by atoms with Gasteiger partial charge in [0.05, 0.1) is 11.5 Å². The maximum absolute atomic E-state index is 8.86. The number of aromatic nitrogens is 2. The van der Waals surface area contributed by atoms with E-state index in [2.05, 4.69) is 34.3 Å². The summed E-state index contributed by atoms with van der Waals surface area (Å²) >= 11 is 1.56. The van der Waals surface area contributed by atoms with Gasteiger partial charge in [0.2, 0.25) is 5.95 Å². The zero-order valence-corrected chi connectivity index (χ0v) is 11.4. The van der Waals surface area contributed by atoms with Crippen LogP contribution < -0.4 is 11.1 Å². The van der Waals surface area contributed by atoms with Crippen molar-refractivity contribution in [1.29, 1.82) is 0 Å². The third-order valence-electron chi connectivity index (χ3n) is 2.43. The van der Waals surface area contributed by atoms with Gasteiger partial charge in [-0.05, 0) is 19.1 Å². The Bertz CT molecular complexity index is 545. The molecular formula is C13H16N4OS. The van der Waals surface area contributed by atoms with Crippen LogP contribution in [0.3, 0.4) is 0 Å². The lowest BCUT2D eigenvalue weighted by Crippen LogP contribution is -2.09. The van der Waals surface area contributed by atoms with E-state index in [1.54, 1.807) is 18.0 Å². The van der Waals surface area contributed by atoms with Crippen LogP contribution >= 0.6 is 11.8 Å². The first-order chi connectivity index (χ1) is 9.19. The molecule has 0 aliphatic rings. The number of hydrogen-bond acceptors (Lipinski definition) is 6. The lowest BCUT2D eigenvalue weighted by Gasteiger charge is -2.10. The van der Waals surface area contributed by atoms with Crippen LogP contribution in [0, 0.1) is 6.92 Å². The van der Waals surface area contributed by atoms with E-state index in [1.807, 2.05) is 12.1 Å². The van der Waals surface area contributed by atoms with Crippen LogP contribution in [0.15, 0.2) is 40.3 Å². The first-order valence-electron chi connectivity index (χ1n) is 5.91. The lowest BCUT2D eigenvalue weighted by molar-refractivity contribution is 0.311. The molecular weight excluding hydrogens is 260 g/mol. The summed E-state index contributed by atoms with van der Waals surface area (Å²) in [6.07, 6.45) is 1.69. The van der Waals surface area contributed by atoms with Gasteiger partial charge in [-0.25, -0.2) is 4.98 Å². The SMILES string of the molecule is Cc1ccc(Sc2cnc(N)nc2NCCO)cc1. The normalized spacial score (nSPS) is 10.4. The van der Waals surface area contributed by atoms with E-state index in [0.717, 1.165) is 9.79 Å². The second-order valence-electron chi connectivity index (χ2n) is 4.01. The van der Waals surface area contributed by atoms with Crippen LogP contribution in [-0.2, 0) is 0 Å². The Kier molecular flexibility index (Phi) is 4.59. The number of nitrogens with zero attached hydrogens (tertiary/aromatic N) is 2. The minimum Gasteiger partial charge on any atom is -0.395 e. The molecule has 1 aromatic carbocycles. The Hall–Kier alpha value is -1.79. The monoisotopic (exact) mass is 276 g/mol. The van der Waals surface area contributed by atoms with E-state index in [0.29, 0.717) is 12.4 Å². The summed E-state index contributed by atoms with van der Waals surface area (Å²) in [6.45, 7) is 2.52. The predicted molar refractivity (Wildman–Crippen MR) is 77.3 cm³/mol. The molecule has 0 saturated heterocycles. The summed E-state index contributed by atoms with van der Waals surface area (Å²) in [4.78, 5) is 10.1. The molecule has 0 spiro atoms. The maximum Gasteiger partial charge on any atom is 0.221 e. The van der Waals surface area contributed by atoms with Crippen molar-refractivity contribution in [2.24, 2.45) is 0 Å². The molecule has 0 atom stereocenters. The van der Waals surface area contributed by atoms with Gasteiger partial charge in [0.25, 0.3) is 0 Å². The van der Waals surface area contributed by atoms with E-state index in [4.69, 9.17) is 10.8 Å². The number of rotatable bonds is 5. The molecule has 0 amide bonds. The zero-order chi connectivity index (χ0) is 13.7. The Morgan fingerprint density at radius 3 is 2.74 bits per heavy atom. The number of nitrogens with two attached hydrogens (primary N) is 1. The van der Waals surface area contributed by atoms with Gasteiger partial charge in [0.15, 0.2) is 0 Å². The molecule has 6 heteroatoms. The standard InChI is InChI=1S/C13H16N4OS/c1-9-2-4-10(5-3-9)19-11-8-16-13(14)17-12(11)15-6-7-18/h2-5,8,18H,6-7H2,1H3,(H3,14,15,16,17). The fraction of sp³-hybridized carbons (Fsp3) is 0.231. The highest BCUT2D eigenvalue weighted by Gasteiger charge is 2.07. The van der Waals surface area contributed by atoms with Crippen LogP contribution in [0.4, 0.5) is 11.8 Å².